The minimum atomic E-state index is -0.157. The number of methoxy groups -OCH3 is 1. The number of rotatable bonds is 5. The molecule has 1 saturated heterocycles. The van der Waals surface area contributed by atoms with Crippen LogP contribution in [0.3, 0.4) is 0 Å². The number of carbonyl (C=O) groups is 1. The van der Waals surface area contributed by atoms with Gasteiger partial charge in [-0.3, -0.25) is 4.79 Å². The van der Waals surface area contributed by atoms with E-state index in [0.717, 1.165) is 29.7 Å². The summed E-state index contributed by atoms with van der Waals surface area (Å²) in [5, 5.41) is 3.98. The van der Waals surface area contributed by atoms with Crippen molar-refractivity contribution in [2.45, 2.75) is 32.2 Å². The molecule has 28 heavy (non-hydrogen) atoms. The van der Waals surface area contributed by atoms with E-state index in [2.05, 4.69) is 10.1 Å². The van der Waals surface area contributed by atoms with Crippen LogP contribution in [0.5, 0.6) is 5.75 Å². The molecule has 3 aromatic rings. The Balaban J connectivity index is 1.63. The Kier molecular flexibility index (Phi) is 5.10. The molecule has 1 aliphatic rings. The number of amides is 1. The Morgan fingerprint density at radius 2 is 2.11 bits per heavy atom. The van der Waals surface area contributed by atoms with Crippen LogP contribution in [0.2, 0.25) is 0 Å². The first-order valence-corrected chi connectivity index (χ1v) is 9.58. The summed E-state index contributed by atoms with van der Waals surface area (Å²) in [5.41, 5.74) is 2.55. The fraction of sp³-hybridized carbons (Fsp3) is 0.318. The summed E-state index contributed by atoms with van der Waals surface area (Å²) in [5.74, 6) is 1.97. The van der Waals surface area contributed by atoms with Crippen molar-refractivity contribution in [1.82, 2.24) is 15.0 Å². The second-order valence-corrected chi connectivity index (χ2v) is 6.84. The molecule has 1 aliphatic heterocycles. The highest BCUT2D eigenvalue weighted by Crippen LogP contribution is 2.34. The standard InChI is InChI=1S/C22H23N3O3/c1-3-20-23-21(28-24-20)18-11-7-13-25(18)22(26)16-9-6-8-15(14-16)17-10-4-5-12-19(17)27-2/h4-6,8-10,12,14,18H,3,7,11,13H2,1-2H3/t18-/m0/s1. The van der Waals surface area contributed by atoms with Crippen molar-refractivity contribution in [2.75, 3.05) is 13.7 Å². The second-order valence-electron chi connectivity index (χ2n) is 6.84. The van der Waals surface area contributed by atoms with Gasteiger partial charge >= 0.3 is 0 Å². The summed E-state index contributed by atoms with van der Waals surface area (Å²) in [6.45, 7) is 2.67. The highest BCUT2D eigenvalue weighted by Gasteiger charge is 2.34. The fourth-order valence-electron chi connectivity index (χ4n) is 3.68. The molecule has 0 saturated carbocycles. The molecule has 2 aromatic carbocycles. The first-order valence-electron chi connectivity index (χ1n) is 9.58. The van der Waals surface area contributed by atoms with Gasteiger partial charge in [0.05, 0.1) is 7.11 Å². The largest absolute Gasteiger partial charge is 0.496 e. The summed E-state index contributed by atoms with van der Waals surface area (Å²) in [6, 6.07) is 15.3. The molecule has 6 heteroatoms. The van der Waals surface area contributed by atoms with Crippen molar-refractivity contribution in [1.29, 1.82) is 0 Å². The molecule has 6 nitrogen and oxygen atoms in total. The topological polar surface area (TPSA) is 68.5 Å². The number of likely N-dealkylation sites (tertiary alicyclic amines) is 1. The van der Waals surface area contributed by atoms with E-state index < -0.39 is 0 Å². The molecule has 144 valence electrons. The predicted molar refractivity (Wildman–Crippen MR) is 105 cm³/mol. The van der Waals surface area contributed by atoms with Gasteiger partial charge in [0.1, 0.15) is 11.8 Å². The Hall–Kier alpha value is -3.15. The first kappa shape index (κ1) is 18.2. The van der Waals surface area contributed by atoms with Crippen molar-refractivity contribution in [3.63, 3.8) is 0 Å². The van der Waals surface area contributed by atoms with Crippen LogP contribution in [0.25, 0.3) is 11.1 Å². The molecule has 0 spiro atoms. The van der Waals surface area contributed by atoms with Crippen LogP contribution in [0.1, 0.15) is 47.9 Å². The molecule has 1 fully saturated rings. The van der Waals surface area contributed by atoms with Gasteiger partial charge < -0.3 is 14.2 Å². The van der Waals surface area contributed by atoms with Crippen molar-refractivity contribution in [3.05, 3.63) is 65.8 Å². The molecule has 1 atom stereocenters. The maximum Gasteiger partial charge on any atom is 0.254 e. The van der Waals surface area contributed by atoms with Crippen LogP contribution in [0, 0.1) is 0 Å². The zero-order chi connectivity index (χ0) is 19.5. The minimum Gasteiger partial charge on any atom is -0.496 e. The third-order valence-electron chi connectivity index (χ3n) is 5.13. The number of nitrogens with zero attached hydrogens (tertiary/aromatic N) is 3. The molecule has 0 N–H and O–H groups in total. The number of aryl methyl sites for hydroxylation is 1. The Bertz CT molecular complexity index is 982. The first-order chi connectivity index (χ1) is 13.7. The van der Waals surface area contributed by atoms with E-state index in [1.54, 1.807) is 7.11 Å². The zero-order valence-corrected chi connectivity index (χ0v) is 16.1. The van der Waals surface area contributed by atoms with Crippen molar-refractivity contribution < 1.29 is 14.1 Å². The Labute approximate surface area is 164 Å². The smallest absolute Gasteiger partial charge is 0.254 e. The summed E-state index contributed by atoms with van der Waals surface area (Å²) in [4.78, 5) is 19.5. The maximum absolute atomic E-state index is 13.2. The molecule has 1 amide bonds. The SMILES string of the molecule is CCc1noc([C@@H]2CCCN2C(=O)c2cccc(-c3ccccc3OC)c2)n1. The molecule has 0 aliphatic carbocycles. The molecular formula is C22H23N3O3. The summed E-state index contributed by atoms with van der Waals surface area (Å²) in [6.07, 6.45) is 2.47. The molecule has 2 heterocycles. The van der Waals surface area contributed by atoms with Crippen LogP contribution >= 0.6 is 0 Å². The number of para-hydroxylation sites is 1. The lowest BCUT2D eigenvalue weighted by Crippen LogP contribution is -2.30. The number of hydrogen-bond acceptors (Lipinski definition) is 5. The molecule has 0 unspecified atom stereocenters. The summed E-state index contributed by atoms with van der Waals surface area (Å²) in [7, 11) is 1.65. The van der Waals surface area contributed by atoms with Crippen molar-refractivity contribution in [3.8, 4) is 16.9 Å². The van der Waals surface area contributed by atoms with Crippen LogP contribution in [-0.4, -0.2) is 34.6 Å². The summed E-state index contributed by atoms with van der Waals surface area (Å²) < 4.78 is 10.9. The van der Waals surface area contributed by atoms with Crippen molar-refractivity contribution in [2.24, 2.45) is 0 Å². The number of carbonyl (C=O) groups excluding carboxylic acids is 1. The van der Waals surface area contributed by atoms with Crippen LogP contribution in [-0.2, 0) is 6.42 Å². The molecule has 4 rings (SSSR count). The lowest BCUT2D eigenvalue weighted by molar-refractivity contribution is 0.0710. The Morgan fingerprint density at radius 3 is 2.89 bits per heavy atom. The van der Waals surface area contributed by atoms with Crippen LogP contribution < -0.4 is 4.74 Å². The molecular weight excluding hydrogens is 354 g/mol. The average molecular weight is 377 g/mol. The van der Waals surface area contributed by atoms with E-state index in [0.29, 0.717) is 30.2 Å². The van der Waals surface area contributed by atoms with Gasteiger partial charge in [0.2, 0.25) is 5.89 Å². The number of benzene rings is 2. The number of aromatic nitrogens is 2. The van der Waals surface area contributed by atoms with E-state index in [1.165, 1.54) is 0 Å². The number of ether oxygens (including phenoxy) is 1. The van der Waals surface area contributed by atoms with Crippen LogP contribution in [0.4, 0.5) is 0 Å². The van der Waals surface area contributed by atoms with Gasteiger partial charge in [-0.1, -0.05) is 42.4 Å². The monoisotopic (exact) mass is 377 g/mol. The second kappa shape index (κ2) is 7.84. The molecule has 1 aromatic heterocycles. The Morgan fingerprint density at radius 1 is 1.25 bits per heavy atom. The van der Waals surface area contributed by atoms with E-state index in [1.807, 2.05) is 60.4 Å². The fourth-order valence-corrected chi connectivity index (χ4v) is 3.68. The predicted octanol–water partition coefficient (Wildman–Crippen LogP) is 4.28. The summed E-state index contributed by atoms with van der Waals surface area (Å²) >= 11 is 0. The van der Waals surface area contributed by atoms with E-state index >= 15 is 0 Å². The van der Waals surface area contributed by atoms with Gasteiger partial charge in [-0.05, 0) is 36.6 Å². The van der Waals surface area contributed by atoms with E-state index in [4.69, 9.17) is 9.26 Å². The third kappa shape index (κ3) is 3.38. The quantitative estimate of drug-likeness (QED) is 0.664. The normalized spacial score (nSPS) is 16.4. The zero-order valence-electron chi connectivity index (χ0n) is 16.1. The van der Waals surface area contributed by atoms with E-state index in [-0.39, 0.29) is 11.9 Å². The van der Waals surface area contributed by atoms with Crippen LogP contribution in [0.15, 0.2) is 53.1 Å². The number of hydrogen-bond donors (Lipinski definition) is 0. The van der Waals surface area contributed by atoms with Gasteiger partial charge in [0.15, 0.2) is 5.82 Å². The third-order valence-corrected chi connectivity index (χ3v) is 5.13. The maximum atomic E-state index is 13.2. The van der Waals surface area contributed by atoms with Crippen molar-refractivity contribution >= 4 is 5.91 Å². The average Bonchev–Trinajstić information content (AvgIpc) is 3.42. The van der Waals surface area contributed by atoms with Gasteiger partial charge in [0, 0.05) is 24.1 Å². The minimum absolute atomic E-state index is 0.0181. The highest BCUT2D eigenvalue weighted by molar-refractivity contribution is 5.96. The lowest BCUT2D eigenvalue weighted by atomic mass is 10.0. The lowest BCUT2D eigenvalue weighted by Gasteiger charge is -2.22. The van der Waals surface area contributed by atoms with Gasteiger partial charge in [-0.25, -0.2) is 0 Å². The molecule has 0 bridgehead atoms. The molecule has 0 radical (unpaired) electrons. The highest BCUT2D eigenvalue weighted by atomic mass is 16.5. The van der Waals surface area contributed by atoms with E-state index in [9.17, 15) is 4.79 Å². The van der Waals surface area contributed by atoms with Gasteiger partial charge in [-0.2, -0.15) is 4.98 Å². The van der Waals surface area contributed by atoms with Gasteiger partial charge in [0.25, 0.3) is 5.91 Å². The van der Waals surface area contributed by atoms with Gasteiger partial charge in [-0.15, -0.1) is 0 Å².